The Kier molecular flexibility index (Phi) is 5.78. The zero-order chi connectivity index (χ0) is 21.1. The molecule has 156 valence electrons. The number of anilines is 1. The average Bonchev–Trinajstić information content (AvgIpc) is 3.13. The molecule has 0 aliphatic carbocycles. The first-order chi connectivity index (χ1) is 14.6. The van der Waals surface area contributed by atoms with Gasteiger partial charge in [0.05, 0.1) is 29.2 Å². The molecule has 3 aromatic heterocycles. The number of nitrogens with one attached hydrogen (secondary N) is 1. The fourth-order valence-corrected chi connectivity index (χ4v) is 3.90. The molecule has 8 heteroatoms. The molecule has 4 heterocycles. The molecule has 0 amide bonds. The van der Waals surface area contributed by atoms with Crippen molar-refractivity contribution >= 4 is 34.6 Å². The van der Waals surface area contributed by atoms with Crippen LogP contribution in [0.4, 0.5) is 10.1 Å². The summed E-state index contributed by atoms with van der Waals surface area (Å²) in [6.07, 6.45) is 8.04. The maximum Gasteiger partial charge on any atom is 0.165 e. The predicted molar refractivity (Wildman–Crippen MR) is 117 cm³/mol. The molecule has 1 saturated heterocycles. The lowest BCUT2D eigenvalue weighted by Crippen LogP contribution is -2.47. The van der Waals surface area contributed by atoms with Gasteiger partial charge in [-0.1, -0.05) is 12.6 Å². The number of aliphatic hydroxyl groups excluding tert-OH is 1. The number of β-amino-alcohol motifs (C(OH)–C–C–N with tert-alkyl or cyclic N) is 1. The van der Waals surface area contributed by atoms with Gasteiger partial charge in [0.2, 0.25) is 0 Å². The van der Waals surface area contributed by atoms with Crippen LogP contribution in [-0.4, -0.2) is 64.3 Å². The molecule has 30 heavy (non-hydrogen) atoms. The Morgan fingerprint density at radius 1 is 1.30 bits per heavy atom. The molecule has 0 atom stereocenters. The highest BCUT2D eigenvalue weighted by molar-refractivity contribution is 5.96. The molecule has 0 unspecified atom stereocenters. The van der Waals surface area contributed by atoms with E-state index in [0.717, 1.165) is 29.4 Å². The van der Waals surface area contributed by atoms with Crippen molar-refractivity contribution in [2.75, 3.05) is 44.2 Å². The largest absolute Gasteiger partial charge is 0.403 e. The zero-order valence-electron chi connectivity index (χ0n) is 16.7. The maximum absolute atomic E-state index is 15.0. The van der Waals surface area contributed by atoms with Gasteiger partial charge in [-0.2, -0.15) is 0 Å². The summed E-state index contributed by atoms with van der Waals surface area (Å²) in [7, 11) is 0. The average molecular weight is 408 g/mol. The third-order valence-corrected chi connectivity index (χ3v) is 5.44. The van der Waals surface area contributed by atoms with E-state index in [0.29, 0.717) is 41.7 Å². The molecule has 0 bridgehead atoms. The van der Waals surface area contributed by atoms with Gasteiger partial charge in [0.15, 0.2) is 5.82 Å². The van der Waals surface area contributed by atoms with Gasteiger partial charge in [-0.25, -0.2) is 9.37 Å². The topological polar surface area (TPSA) is 94.3 Å². The van der Waals surface area contributed by atoms with Crippen LogP contribution in [0.3, 0.4) is 0 Å². The molecular weight excluding hydrogens is 383 g/mol. The summed E-state index contributed by atoms with van der Waals surface area (Å²) in [6.45, 7) is 7.73. The highest BCUT2D eigenvalue weighted by Crippen LogP contribution is 2.26. The minimum atomic E-state index is -0.373. The number of rotatable bonds is 5. The Bertz CT molecular complexity index is 1170. The van der Waals surface area contributed by atoms with Crippen LogP contribution < -0.4 is 21.2 Å². The van der Waals surface area contributed by atoms with Crippen molar-refractivity contribution < 1.29 is 9.50 Å². The van der Waals surface area contributed by atoms with Crippen molar-refractivity contribution in [2.45, 2.75) is 0 Å². The van der Waals surface area contributed by atoms with E-state index in [1.165, 1.54) is 12.4 Å². The summed E-state index contributed by atoms with van der Waals surface area (Å²) in [5.41, 5.74) is 8.57. The van der Waals surface area contributed by atoms with Crippen molar-refractivity contribution in [1.29, 1.82) is 0 Å². The molecule has 0 spiro atoms. The van der Waals surface area contributed by atoms with E-state index in [-0.39, 0.29) is 12.4 Å². The summed E-state index contributed by atoms with van der Waals surface area (Å²) in [6, 6.07) is 3.77. The molecular formula is C22H25FN6O. The van der Waals surface area contributed by atoms with E-state index < -0.39 is 0 Å². The lowest BCUT2D eigenvalue weighted by molar-refractivity contribution is 0.188. The van der Waals surface area contributed by atoms with Crippen LogP contribution in [0, 0.1) is 5.82 Å². The lowest BCUT2D eigenvalue weighted by Gasteiger charge is -2.36. The van der Waals surface area contributed by atoms with Gasteiger partial charge in [0.25, 0.3) is 0 Å². The standard InChI is InChI=1S/C22H25FN6O/c1-15(16-3-2-4-25-13-16)11-17-19(12-24)27-22-20(17)21(18(23)14-26-22)29-7-5-28(6-8-29)9-10-30/h2-4,11-14,30H,1,5-10,24H2,(H,26,27)/b17-11+,19-12+. The second-order valence-corrected chi connectivity index (χ2v) is 7.26. The Balaban J connectivity index is 1.84. The van der Waals surface area contributed by atoms with Gasteiger partial charge in [0.1, 0.15) is 5.65 Å². The molecule has 4 N–H and O–H groups in total. The van der Waals surface area contributed by atoms with Gasteiger partial charge in [-0.05, 0) is 23.3 Å². The number of aromatic nitrogens is 3. The third-order valence-electron chi connectivity index (χ3n) is 5.44. The minimum Gasteiger partial charge on any atom is -0.403 e. The van der Waals surface area contributed by atoms with E-state index in [9.17, 15) is 5.11 Å². The second kappa shape index (κ2) is 8.64. The summed E-state index contributed by atoms with van der Waals surface area (Å²) in [4.78, 5) is 15.8. The van der Waals surface area contributed by atoms with Crippen LogP contribution in [0.5, 0.6) is 0 Å². The number of nitrogens with two attached hydrogens (primary N) is 1. The van der Waals surface area contributed by atoms with Crippen molar-refractivity contribution in [3.8, 4) is 0 Å². The second-order valence-electron chi connectivity index (χ2n) is 7.26. The van der Waals surface area contributed by atoms with Gasteiger partial charge >= 0.3 is 0 Å². The van der Waals surface area contributed by atoms with E-state index in [1.807, 2.05) is 23.1 Å². The quantitative estimate of drug-likeness (QED) is 0.566. The molecule has 4 rings (SSSR count). The number of fused-ring (bicyclic) bond motifs is 1. The molecule has 0 aromatic carbocycles. The number of nitrogens with zero attached hydrogens (tertiary/aromatic N) is 4. The highest BCUT2D eigenvalue weighted by Gasteiger charge is 2.23. The smallest absolute Gasteiger partial charge is 0.165 e. The molecule has 0 radical (unpaired) electrons. The SMILES string of the molecule is C=C(/C=c1\c(=C/N)[nH]c2ncc(F)c(N3CCN(CCO)CC3)c12)c1cccnc1. The molecule has 7 nitrogen and oxygen atoms in total. The molecule has 1 aliphatic heterocycles. The number of aliphatic hydroxyl groups is 1. The molecule has 0 saturated carbocycles. The van der Waals surface area contributed by atoms with Crippen LogP contribution in [0.25, 0.3) is 28.9 Å². The maximum atomic E-state index is 15.0. The first kappa shape index (κ1) is 20.1. The van der Waals surface area contributed by atoms with Crippen molar-refractivity contribution in [3.63, 3.8) is 0 Å². The summed E-state index contributed by atoms with van der Waals surface area (Å²) >= 11 is 0. The lowest BCUT2D eigenvalue weighted by atomic mass is 10.1. The van der Waals surface area contributed by atoms with E-state index >= 15 is 4.39 Å². The number of pyridine rings is 2. The third kappa shape index (κ3) is 3.79. The van der Waals surface area contributed by atoms with Crippen LogP contribution in [-0.2, 0) is 0 Å². The normalized spacial score (nSPS) is 16.5. The number of hydrogen-bond acceptors (Lipinski definition) is 6. The highest BCUT2D eigenvalue weighted by atomic mass is 19.1. The molecule has 1 fully saturated rings. The van der Waals surface area contributed by atoms with Crippen molar-refractivity contribution in [1.82, 2.24) is 19.9 Å². The fourth-order valence-electron chi connectivity index (χ4n) is 3.90. The predicted octanol–water partition coefficient (Wildman–Crippen LogP) is 0.402. The van der Waals surface area contributed by atoms with Crippen LogP contribution in [0.1, 0.15) is 5.56 Å². The number of H-pyrrole nitrogens is 1. The van der Waals surface area contributed by atoms with Crippen LogP contribution in [0.2, 0.25) is 0 Å². The van der Waals surface area contributed by atoms with Gasteiger partial charge < -0.3 is 20.7 Å². The summed E-state index contributed by atoms with van der Waals surface area (Å²) in [5.74, 6) is -0.373. The number of allylic oxidation sites excluding steroid dienone is 1. The summed E-state index contributed by atoms with van der Waals surface area (Å²) < 4.78 is 15.0. The number of aromatic amines is 1. The molecule has 1 aliphatic rings. The van der Waals surface area contributed by atoms with Crippen molar-refractivity contribution in [3.05, 3.63) is 59.3 Å². The Morgan fingerprint density at radius 2 is 2.10 bits per heavy atom. The van der Waals surface area contributed by atoms with Crippen molar-refractivity contribution in [2.24, 2.45) is 5.73 Å². The van der Waals surface area contributed by atoms with Gasteiger partial charge in [-0.15, -0.1) is 0 Å². The Hall–Kier alpha value is -3.23. The number of halogens is 1. The zero-order valence-corrected chi connectivity index (χ0v) is 16.7. The van der Waals surface area contributed by atoms with E-state index in [1.54, 1.807) is 12.4 Å². The Morgan fingerprint density at radius 3 is 2.77 bits per heavy atom. The van der Waals surface area contributed by atoms with Crippen LogP contribution in [0.15, 0.2) is 37.3 Å². The molecule has 3 aromatic rings. The summed E-state index contributed by atoms with van der Waals surface area (Å²) in [5, 5.41) is 11.3. The number of hydrogen-bond donors (Lipinski definition) is 3. The number of piperazine rings is 1. The fraction of sp³-hybridized carbons (Fsp3) is 0.273. The first-order valence-corrected chi connectivity index (χ1v) is 9.89. The Labute approximate surface area is 173 Å². The van der Waals surface area contributed by atoms with E-state index in [4.69, 9.17) is 5.73 Å². The van der Waals surface area contributed by atoms with Gasteiger partial charge in [-0.3, -0.25) is 9.88 Å². The van der Waals surface area contributed by atoms with E-state index in [2.05, 4.69) is 26.4 Å². The van der Waals surface area contributed by atoms with Crippen LogP contribution >= 0.6 is 0 Å². The monoisotopic (exact) mass is 408 g/mol. The van der Waals surface area contributed by atoms with Gasteiger partial charge in [0, 0.05) is 56.5 Å². The first-order valence-electron chi connectivity index (χ1n) is 9.89. The minimum absolute atomic E-state index is 0.122.